The summed E-state index contributed by atoms with van der Waals surface area (Å²) in [7, 11) is 0. The Bertz CT molecular complexity index is 259. The van der Waals surface area contributed by atoms with E-state index in [1.54, 1.807) is 18.3 Å². The van der Waals surface area contributed by atoms with Crippen LogP contribution in [-0.4, -0.2) is 5.78 Å². The van der Waals surface area contributed by atoms with Crippen LogP contribution in [0.25, 0.3) is 6.08 Å². The van der Waals surface area contributed by atoms with E-state index < -0.39 is 0 Å². The highest BCUT2D eigenvalue weighted by Gasteiger charge is 1.89. The number of thiophene rings is 1. The lowest BCUT2D eigenvalue weighted by atomic mass is 10.2. The number of ketones is 1. The second-order valence-corrected chi connectivity index (χ2v) is 3.64. The van der Waals surface area contributed by atoms with E-state index in [1.165, 1.54) is 4.88 Å². The Labute approximate surface area is 76.7 Å². The van der Waals surface area contributed by atoms with E-state index in [1.807, 2.05) is 17.5 Å². The Hall–Kier alpha value is -0.890. The SMILES string of the molecule is CC(=O)CC/C=C/c1cccs1. The number of allylic oxidation sites excluding steroid dienone is 1. The van der Waals surface area contributed by atoms with Gasteiger partial charge in [-0.2, -0.15) is 0 Å². The first-order chi connectivity index (χ1) is 5.79. The number of hydrogen-bond acceptors (Lipinski definition) is 2. The number of carbonyl (C=O) groups excluding carboxylic acids is 1. The van der Waals surface area contributed by atoms with Crippen LogP contribution in [0.4, 0.5) is 0 Å². The minimum absolute atomic E-state index is 0.255. The van der Waals surface area contributed by atoms with Gasteiger partial charge >= 0.3 is 0 Å². The molecule has 0 atom stereocenters. The van der Waals surface area contributed by atoms with E-state index in [2.05, 4.69) is 12.1 Å². The molecule has 1 heterocycles. The topological polar surface area (TPSA) is 17.1 Å². The van der Waals surface area contributed by atoms with Crippen molar-refractivity contribution in [2.24, 2.45) is 0 Å². The number of hydrogen-bond donors (Lipinski definition) is 0. The van der Waals surface area contributed by atoms with E-state index in [0.29, 0.717) is 6.42 Å². The van der Waals surface area contributed by atoms with Crippen LogP contribution < -0.4 is 0 Å². The molecule has 1 rings (SSSR count). The van der Waals surface area contributed by atoms with Crippen LogP contribution in [-0.2, 0) is 4.79 Å². The Morgan fingerprint density at radius 2 is 2.50 bits per heavy atom. The second-order valence-electron chi connectivity index (χ2n) is 2.66. The minimum atomic E-state index is 0.255. The molecule has 0 aromatic carbocycles. The van der Waals surface area contributed by atoms with Crippen molar-refractivity contribution in [1.82, 2.24) is 0 Å². The van der Waals surface area contributed by atoms with E-state index in [0.717, 1.165) is 6.42 Å². The van der Waals surface area contributed by atoms with E-state index in [9.17, 15) is 4.79 Å². The summed E-state index contributed by atoms with van der Waals surface area (Å²) in [6, 6.07) is 4.09. The van der Waals surface area contributed by atoms with Crippen molar-refractivity contribution >= 4 is 23.2 Å². The van der Waals surface area contributed by atoms with Gasteiger partial charge in [0.25, 0.3) is 0 Å². The van der Waals surface area contributed by atoms with Crippen molar-refractivity contribution in [3.8, 4) is 0 Å². The van der Waals surface area contributed by atoms with E-state index >= 15 is 0 Å². The van der Waals surface area contributed by atoms with Crippen molar-refractivity contribution in [2.75, 3.05) is 0 Å². The first-order valence-electron chi connectivity index (χ1n) is 3.98. The predicted octanol–water partition coefficient (Wildman–Crippen LogP) is 3.13. The first kappa shape index (κ1) is 9.20. The van der Waals surface area contributed by atoms with Crippen molar-refractivity contribution in [1.29, 1.82) is 0 Å². The van der Waals surface area contributed by atoms with Gasteiger partial charge in [-0.25, -0.2) is 0 Å². The van der Waals surface area contributed by atoms with Crippen LogP contribution in [0.2, 0.25) is 0 Å². The van der Waals surface area contributed by atoms with Crippen LogP contribution in [0.3, 0.4) is 0 Å². The second kappa shape index (κ2) is 4.88. The first-order valence-corrected chi connectivity index (χ1v) is 4.86. The smallest absolute Gasteiger partial charge is 0.130 e. The Morgan fingerprint density at radius 3 is 3.08 bits per heavy atom. The Balaban J connectivity index is 2.27. The molecular weight excluding hydrogens is 168 g/mol. The molecule has 12 heavy (non-hydrogen) atoms. The van der Waals surface area contributed by atoms with Crippen molar-refractivity contribution in [2.45, 2.75) is 19.8 Å². The molecule has 0 saturated heterocycles. The maximum atomic E-state index is 10.6. The normalized spacial score (nSPS) is 10.8. The van der Waals surface area contributed by atoms with Gasteiger partial charge in [0.15, 0.2) is 0 Å². The Kier molecular flexibility index (Phi) is 3.74. The molecule has 0 radical (unpaired) electrons. The summed E-state index contributed by atoms with van der Waals surface area (Å²) in [4.78, 5) is 11.8. The van der Waals surface area contributed by atoms with Gasteiger partial charge < -0.3 is 4.79 Å². The standard InChI is InChI=1S/C10H12OS/c1-9(11)5-2-3-6-10-7-4-8-12-10/h3-4,6-8H,2,5H2,1H3/b6-3+. The minimum Gasteiger partial charge on any atom is -0.300 e. The van der Waals surface area contributed by atoms with E-state index in [4.69, 9.17) is 0 Å². The van der Waals surface area contributed by atoms with Crippen molar-refractivity contribution in [3.63, 3.8) is 0 Å². The molecule has 0 bridgehead atoms. The number of Topliss-reactive ketones (excluding diaryl/α,β-unsaturated/α-hetero) is 1. The van der Waals surface area contributed by atoms with Gasteiger partial charge in [0.1, 0.15) is 5.78 Å². The van der Waals surface area contributed by atoms with Gasteiger partial charge in [-0.1, -0.05) is 12.1 Å². The average Bonchev–Trinajstić information content (AvgIpc) is 2.49. The van der Waals surface area contributed by atoms with Crippen LogP contribution in [0.15, 0.2) is 23.6 Å². The molecule has 0 spiro atoms. The van der Waals surface area contributed by atoms with Crippen molar-refractivity contribution in [3.05, 3.63) is 28.5 Å². The third-order valence-electron chi connectivity index (χ3n) is 1.49. The molecule has 0 aliphatic rings. The molecule has 0 fully saturated rings. The van der Waals surface area contributed by atoms with Gasteiger partial charge in [0.05, 0.1) is 0 Å². The molecule has 1 nitrogen and oxygen atoms in total. The zero-order valence-electron chi connectivity index (χ0n) is 7.12. The molecule has 0 aliphatic heterocycles. The molecule has 0 saturated carbocycles. The maximum Gasteiger partial charge on any atom is 0.130 e. The van der Waals surface area contributed by atoms with Gasteiger partial charge in [-0.3, -0.25) is 0 Å². The molecule has 1 aromatic rings. The lowest BCUT2D eigenvalue weighted by Gasteiger charge is -1.87. The molecule has 64 valence electrons. The third kappa shape index (κ3) is 3.49. The molecule has 2 heteroatoms. The van der Waals surface area contributed by atoms with Gasteiger partial charge in [0.2, 0.25) is 0 Å². The molecule has 0 unspecified atom stereocenters. The summed E-state index contributed by atoms with van der Waals surface area (Å²) in [6.07, 6.45) is 5.62. The molecule has 0 aliphatic carbocycles. The average molecular weight is 180 g/mol. The number of rotatable bonds is 4. The summed E-state index contributed by atoms with van der Waals surface area (Å²) in [5, 5.41) is 2.05. The molecule has 0 amide bonds. The number of carbonyl (C=O) groups is 1. The summed E-state index contributed by atoms with van der Waals surface area (Å²) in [5.74, 6) is 0.255. The van der Waals surface area contributed by atoms with Crippen LogP contribution in [0, 0.1) is 0 Å². The lowest BCUT2D eigenvalue weighted by Crippen LogP contribution is -1.85. The zero-order chi connectivity index (χ0) is 8.81. The molecule has 1 aromatic heterocycles. The van der Waals surface area contributed by atoms with Gasteiger partial charge in [0, 0.05) is 11.3 Å². The summed E-state index contributed by atoms with van der Waals surface area (Å²) in [5.41, 5.74) is 0. The highest BCUT2D eigenvalue weighted by atomic mass is 32.1. The highest BCUT2D eigenvalue weighted by molar-refractivity contribution is 7.10. The third-order valence-corrected chi connectivity index (χ3v) is 2.33. The van der Waals surface area contributed by atoms with Crippen LogP contribution in [0.5, 0.6) is 0 Å². The largest absolute Gasteiger partial charge is 0.300 e. The highest BCUT2D eigenvalue weighted by Crippen LogP contribution is 2.10. The van der Waals surface area contributed by atoms with Crippen LogP contribution >= 0.6 is 11.3 Å². The fraction of sp³-hybridized carbons (Fsp3) is 0.300. The zero-order valence-corrected chi connectivity index (χ0v) is 7.93. The quantitative estimate of drug-likeness (QED) is 0.695. The Morgan fingerprint density at radius 1 is 1.67 bits per heavy atom. The summed E-state index contributed by atoms with van der Waals surface area (Å²) in [6.45, 7) is 1.62. The fourth-order valence-corrected chi connectivity index (χ4v) is 1.52. The molecular formula is C10H12OS. The summed E-state index contributed by atoms with van der Waals surface area (Å²) >= 11 is 1.71. The fourth-order valence-electron chi connectivity index (χ4n) is 0.872. The van der Waals surface area contributed by atoms with E-state index in [-0.39, 0.29) is 5.78 Å². The monoisotopic (exact) mass is 180 g/mol. The van der Waals surface area contributed by atoms with Gasteiger partial charge in [-0.05, 0) is 30.9 Å². The van der Waals surface area contributed by atoms with Crippen LogP contribution in [0.1, 0.15) is 24.6 Å². The summed E-state index contributed by atoms with van der Waals surface area (Å²) < 4.78 is 0. The maximum absolute atomic E-state index is 10.6. The van der Waals surface area contributed by atoms with Crippen molar-refractivity contribution < 1.29 is 4.79 Å². The van der Waals surface area contributed by atoms with Gasteiger partial charge in [-0.15, -0.1) is 11.3 Å². The lowest BCUT2D eigenvalue weighted by molar-refractivity contribution is -0.116. The predicted molar refractivity (Wildman–Crippen MR) is 53.3 cm³/mol. The molecule has 0 N–H and O–H groups in total.